The highest BCUT2D eigenvalue weighted by atomic mass is 16.5. The van der Waals surface area contributed by atoms with Crippen LogP contribution in [0.25, 0.3) is 0 Å². The Morgan fingerprint density at radius 3 is 3.00 bits per heavy atom. The van der Waals surface area contributed by atoms with Gasteiger partial charge < -0.3 is 15.4 Å². The van der Waals surface area contributed by atoms with Crippen molar-refractivity contribution in [2.45, 2.75) is 32.7 Å². The van der Waals surface area contributed by atoms with E-state index in [9.17, 15) is 4.79 Å². The van der Waals surface area contributed by atoms with Crippen LogP contribution in [0.15, 0.2) is 0 Å². The van der Waals surface area contributed by atoms with E-state index < -0.39 is 0 Å². The Bertz CT molecular complexity index is 195. The van der Waals surface area contributed by atoms with Crippen LogP contribution < -0.4 is 10.6 Å². The number of hydrogen-bond donors (Lipinski definition) is 2. The van der Waals surface area contributed by atoms with Crippen molar-refractivity contribution >= 4 is 5.91 Å². The van der Waals surface area contributed by atoms with Gasteiger partial charge in [0.25, 0.3) is 0 Å². The third-order valence-electron chi connectivity index (χ3n) is 2.35. The molecule has 0 aromatic rings. The molecule has 1 atom stereocenters. The molecule has 0 aromatic carbocycles. The number of nitrogens with one attached hydrogen (secondary N) is 2. The highest BCUT2D eigenvalue weighted by Crippen LogP contribution is 2.04. The molecule has 2 N–H and O–H groups in total. The summed E-state index contributed by atoms with van der Waals surface area (Å²) in [5, 5.41) is 6.20. The number of rotatable bonds is 7. The van der Waals surface area contributed by atoms with Crippen LogP contribution in [0, 0.1) is 5.92 Å². The summed E-state index contributed by atoms with van der Waals surface area (Å²) < 4.78 is 5.43. The Labute approximate surface area is 91.8 Å². The van der Waals surface area contributed by atoms with Crippen LogP contribution in [0.4, 0.5) is 0 Å². The van der Waals surface area contributed by atoms with Crippen molar-refractivity contribution in [3.8, 4) is 0 Å². The average Bonchev–Trinajstić information content (AvgIpc) is 2.57. The molecule has 0 aromatic heterocycles. The normalized spacial score (nSPS) is 21.0. The molecule has 0 spiro atoms. The van der Waals surface area contributed by atoms with Gasteiger partial charge in [-0.2, -0.15) is 0 Å². The van der Waals surface area contributed by atoms with Gasteiger partial charge in [-0.25, -0.2) is 0 Å². The van der Waals surface area contributed by atoms with E-state index in [-0.39, 0.29) is 5.91 Å². The van der Waals surface area contributed by atoms with Crippen LogP contribution in [0.3, 0.4) is 0 Å². The first-order chi connectivity index (χ1) is 7.18. The second-order valence-electron chi connectivity index (χ2n) is 4.48. The average molecular weight is 214 g/mol. The fourth-order valence-electron chi connectivity index (χ4n) is 1.57. The fourth-order valence-corrected chi connectivity index (χ4v) is 1.57. The quantitative estimate of drug-likeness (QED) is 0.608. The second kappa shape index (κ2) is 6.80. The minimum absolute atomic E-state index is 0.179. The topological polar surface area (TPSA) is 50.4 Å². The summed E-state index contributed by atoms with van der Waals surface area (Å²) in [6.45, 7) is 7.57. The van der Waals surface area contributed by atoms with E-state index in [1.54, 1.807) is 0 Å². The van der Waals surface area contributed by atoms with Crippen molar-refractivity contribution in [2.24, 2.45) is 5.92 Å². The van der Waals surface area contributed by atoms with Gasteiger partial charge in [-0.1, -0.05) is 13.8 Å². The van der Waals surface area contributed by atoms with E-state index in [0.717, 1.165) is 32.7 Å². The van der Waals surface area contributed by atoms with Gasteiger partial charge in [0.15, 0.2) is 0 Å². The summed E-state index contributed by atoms with van der Waals surface area (Å²) in [6.07, 6.45) is 1.63. The Morgan fingerprint density at radius 2 is 2.40 bits per heavy atom. The smallest absolute Gasteiger partial charge is 0.220 e. The predicted molar refractivity (Wildman–Crippen MR) is 59.7 cm³/mol. The molecule has 4 heteroatoms. The number of ether oxygens (including phenoxy) is 1. The molecule has 1 aliphatic rings. The van der Waals surface area contributed by atoms with E-state index in [0.29, 0.717) is 18.4 Å². The van der Waals surface area contributed by atoms with Gasteiger partial charge >= 0.3 is 0 Å². The minimum atomic E-state index is 0.179. The van der Waals surface area contributed by atoms with Crippen LogP contribution in [-0.2, 0) is 9.53 Å². The largest absolute Gasteiger partial charge is 0.380 e. The van der Waals surface area contributed by atoms with E-state index in [4.69, 9.17) is 4.74 Å². The van der Waals surface area contributed by atoms with Crippen molar-refractivity contribution in [1.82, 2.24) is 10.6 Å². The van der Waals surface area contributed by atoms with Gasteiger partial charge in [0, 0.05) is 32.2 Å². The van der Waals surface area contributed by atoms with Gasteiger partial charge in [-0.15, -0.1) is 0 Å². The Balaban J connectivity index is 1.87. The SMILES string of the molecule is CC(C)COCCNCC1CCC(=O)N1. The molecule has 1 unspecified atom stereocenters. The van der Waals surface area contributed by atoms with E-state index in [2.05, 4.69) is 24.5 Å². The lowest BCUT2D eigenvalue weighted by atomic mass is 10.2. The van der Waals surface area contributed by atoms with Crippen molar-refractivity contribution < 1.29 is 9.53 Å². The van der Waals surface area contributed by atoms with Crippen molar-refractivity contribution in [2.75, 3.05) is 26.3 Å². The molecule has 4 nitrogen and oxygen atoms in total. The van der Waals surface area contributed by atoms with Crippen LogP contribution in [0.2, 0.25) is 0 Å². The molecular weight excluding hydrogens is 192 g/mol. The van der Waals surface area contributed by atoms with Crippen LogP contribution in [0.1, 0.15) is 26.7 Å². The maximum absolute atomic E-state index is 10.9. The maximum atomic E-state index is 10.9. The third kappa shape index (κ3) is 5.74. The molecule has 0 aliphatic carbocycles. The zero-order valence-electron chi connectivity index (χ0n) is 9.71. The highest BCUT2D eigenvalue weighted by molar-refractivity contribution is 5.78. The molecule has 0 bridgehead atoms. The van der Waals surface area contributed by atoms with Crippen molar-refractivity contribution in [3.63, 3.8) is 0 Å². The molecule has 1 fully saturated rings. The van der Waals surface area contributed by atoms with Gasteiger partial charge in [-0.05, 0) is 12.3 Å². The van der Waals surface area contributed by atoms with E-state index in [1.165, 1.54) is 0 Å². The number of hydrogen-bond acceptors (Lipinski definition) is 3. The lowest BCUT2D eigenvalue weighted by Gasteiger charge is -2.11. The summed E-state index contributed by atoms with van der Waals surface area (Å²) in [4.78, 5) is 10.9. The van der Waals surface area contributed by atoms with E-state index >= 15 is 0 Å². The summed E-state index contributed by atoms with van der Waals surface area (Å²) in [5.74, 6) is 0.775. The molecule has 1 aliphatic heterocycles. The lowest BCUT2D eigenvalue weighted by molar-refractivity contribution is -0.119. The first-order valence-corrected chi connectivity index (χ1v) is 5.76. The molecule has 0 saturated carbocycles. The molecule has 1 rings (SSSR count). The van der Waals surface area contributed by atoms with Gasteiger partial charge in [0.1, 0.15) is 0 Å². The first kappa shape index (κ1) is 12.5. The van der Waals surface area contributed by atoms with Crippen LogP contribution in [0.5, 0.6) is 0 Å². The summed E-state index contributed by atoms with van der Waals surface area (Å²) in [7, 11) is 0. The minimum Gasteiger partial charge on any atom is -0.380 e. The van der Waals surface area contributed by atoms with Gasteiger partial charge in [0.2, 0.25) is 5.91 Å². The molecular formula is C11H22N2O2. The van der Waals surface area contributed by atoms with Gasteiger partial charge in [-0.3, -0.25) is 4.79 Å². The highest BCUT2D eigenvalue weighted by Gasteiger charge is 2.19. The van der Waals surface area contributed by atoms with Crippen molar-refractivity contribution in [1.29, 1.82) is 0 Å². The Morgan fingerprint density at radius 1 is 1.60 bits per heavy atom. The molecule has 88 valence electrons. The number of carbonyl (C=O) groups excluding carboxylic acids is 1. The second-order valence-corrected chi connectivity index (χ2v) is 4.48. The zero-order chi connectivity index (χ0) is 11.1. The molecule has 0 radical (unpaired) electrons. The zero-order valence-corrected chi connectivity index (χ0v) is 9.71. The summed E-state index contributed by atoms with van der Waals surface area (Å²) >= 11 is 0. The lowest BCUT2D eigenvalue weighted by Crippen LogP contribution is -2.36. The Hall–Kier alpha value is -0.610. The fraction of sp³-hybridized carbons (Fsp3) is 0.909. The monoisotopic (exact) mass is 214 g/mol. The predicted octanol–water partition coefficient (Wildman–Crippen LogP) is 0.527. The van der Waals surface area contributed by atoms with Gasteiger partial charge in [0.05, 0.1) is 6.61 Å². The maximum Gasteiger partial charge on any atom is 0.220 e. The molecule has 1 heterocycles. The summed E-state index contributed by atoms with van der Waals surface area (Å²) in [6, 6.07) is 0.322. The number of carbonyl (C=O) groups is 1. The Kier molecular flexibility index (Phi) is 5.65. The van der Waals surface area contributed by atoms with E-state index in [1.807, 2.05) is 0 Å². The molecule has 1 saturated heterocycles. The number of amides is 1. The molecule has 1 amide bonds. The molecule has 15 heavy (non-hydrogen) atoms. The van der Waals surface area contributed by atoms with Crippen LogP contribution in [-0.4, -0.2) is 38.3 Å². The standard InChI is InChI=1S/C11H22N2O2/c1-9(2)8-15-6-5-12-7-10-3-4-11(14)13-10/h9-10,12H,3-8H2,1-2H3,(H,13,14). The van der Waals surface area contributed by atoms with Crippen LogP contribution >= 0.6 is 0 Å². The first-order valence-electron chi connectivity index (χ1n) is 5.76. The third-order valence-corrected chi connectivity index (χ3v) is 2.35. The van der Waals surface area contributed by atoms with Crippen molar-refractivity contribution in [3.05, 3.63) is 0 Å². The summed E-state index contributed by atoms with van der Waals surface area (Å²) in [5.41, 5.74) is 0.